The van der Waals surface area contributed by atoms with Gasteiger partial charge in [0.2, 0.25) is 0 Å². The van der Waals surface area contributed by atoms with Crippen LogP contribution in [0.4, 0.5) is 0 Å². The maximum absolute atomic E-state index is 11.4. The first-order valence-electron chi connectivity index (χ1n) is 6.56. The Bertz CT molecular complexity index is 246. The molecule has 1 heterocycles. The van der Waals surface area contributed by atoms with Crippen LogP contribution in [0, 0.1) is 11.8 Å². The zero-order valence-electron chi connectivity index (χ0n) is 11.5. The van der Waals surface area contributed by atoms with Crippen molar-refractivity contribution < 1.29 is 9.53 Å². The van der Waals surface area contributed by atoms with Gasteiger partial charge in [0.1, 0.15) is 6.04 Å². The van der Waals surface area contributed by atoms with Crippen LogP contribution < -0.4 is 5.32 Å². The van der Waals surface area contributed by atoms with Gasteiger partial charge in [-0.25, -0.2) is 0 Å². The minimum absolute atomic E-state index is 0.161. The summed E-state index contributed by atoms with van der Waals surface area (Å²) in [7, 11) is 3.25. The quantitative estimate of drug-likeness (QED) is 0.734. The lowest BCUT2D eigenvalue weighted by Crippen LogP contribution is -2.43. The molecule has 0 aromatic heterocycles. The number of nitrogens with zero attached hydrogens (tertiary/aromatic N) is 1. The number of likely N-dealkylation sites (N-methyl/N-ethyl adjacent to an activating group) is 1. The molecule has 0 saturated carbocycles. The molecule has 0 bridgehead atoms. The van der Waals surface area contributed by atoms with Crippen molar-refractivity contribution >= 4 is 5.97 Å². The molecule has 1 rings (SSSR count). The van der Waals surface area contributed by atoms with Gasteiger partial charge in [0.25, 0.3) is 0 Å². The lowest BCUT2D eigenvalue weighted by Gasteiger charge is -2.35. The number of piperidine rings is 1. The van der Waals surface area contributed by atoms with Gasteiger partial charge in [-0.3, -0.25) is 4.79 Å². The molecule has 100 valence electrons. The second-order valence-electron chi connectivity index (χ2n) is 5.20. The highest BCUT2D eigenvalue weighted by Crippen LogP contribution is 2.22. The molecule has 4 nitrogen and oxygen atoms in total. The van der Waals surface area contributed by atoms with Crippen molar-refractivity contribution in [2.75, 3.05) is 33.8 Å². The van der Waals surface area contributed by atoms with E-state index in [-0.39, 0.29) is 12.0 Å². The number of likely N-dealkylation sites (tertiary alicyclic amines) is 1. The normalized spacial score (nSPS) is 27.8. The van der Waals surface area contributed by atoms with Gasteiger partial charge in [-0.15, -0.1) is 0 Å². The number of hydrogen-bond acceptors (Lipinski definition) is 4. The summed E-state index contributed by atoms with van der Waals surface area (Å²) in [5, 5.41) is 3.01. The number of carbonyl (C=O) groups is 1. The molecule has 0 aliphatic carbocycles. The third kappa shape index (κ3) is 4.28. The van der Waals surface area contributed by atoms with E-state index in [1.54, 1.807) is 0 Å². The van der Waals surface area contributed by atoms with Crippen LogP contribution in [0.3, 0.4) is 0 Å². The van der Waals surface area contributed by atoms with Gasteiger partial charge >= 0.3 is 5.97 Å². The van der Waals surface area contributed by atoms with E-state index in [1.807, 2.05) is 7.05 Å². The zero-order chi connectivity index (χ0) is 12.8. The van der Waals surface area contributed by atoms with Crippen LogP contribution in [-0.4, -0.2) is 50.7 Å². The Morgan fingerprint density at radius 3 is 2.71 bits per heavy atom. The van der Waals surface area contributed by atoms with Crippen molar-refractivity contribution in [2.45, 2.75) is 32.7 Å². The standard InChI is InChI=1S/C13H26N2O2/c1-10-5-7-15(9-11(10)2)8-6-12(14-3)13(16)17-4/h10-12,14H,5-9H2,1-4H3. The summed E-state index contributed by atoms with van der Waals surface area (Å²) in [4.78, 5) is 13.9. The molecule has 0 radical (unpaired) electrons. The van der Waals surface area contributed by atoms with Crippen molar-refractivity contribution in [3.63, 3.8) is 0 Å². The Hall–Kier alpha value is -0.610. The fraction of sp³-hybridized carbons (Fsp3) is 0.923. The highest BCUT2D eigenvalue weighted by molar-refractivity contribution is 5.75. The Balaban J connectivity index is 2.32. The van der Waals surface area contributed by atoms with E-state index in [0.29, 0.717) is 0 Å². The molecule has 1 fully saturated rings. The number of hydrogen-bond donors (Lipinski definition) is 1. The molecule has 0 aromatic rings. The monoisotopic (exact) mass is 242 g/mol. The first kappa shape index (κ1) is 14.5. The van der Waals surface area contributed by atoms with Gasteiger partial charge in [-0.1, -0.05) is 13.8 Å². The van der Waals surface area contributed by atoms with E-state index in [1.165, 1.54) is 13.5 Å². The third-order valence-corrected chi connectivity index (χ3v) is 3.99. The first-order chi connectivity index (χ1) is 8.08. The molecule has 1 N–H and O–H groups in total. The van der Waals surface area contributed by atoms with Crippen LogP contribution in [0.15, 0.2) is 0 Å². The van der Waals surface area contributed by atoms with Crippen molar-refractivity contribution in [3.05, 3.63) is 0 Å². The number of esters is 1. The van der Waals surface area contributed by atoms with Gasteiger partial charge in [-0.2, -0.15) is 0 Å². The lowest BCUT2D eigenvalue weighted by atomic mass is 9.88. The zero-order valence-corrected chi connectivity index (χ0v) is 11.5. The molecular weight excluding hydrogens is 216 g/mol. The summed E-state index contributed by atoms with van der Waals surface area (Å²) >= 11 is 0. The SMILES string of the molecule is CNC(CCN1CCC(C)C(C)C1)C(=O)OC. The minimum Gasteiger partial charge on any atom is -0.468 e. The van der Waals surface area contributed by atoms with Crippen molar-refractivity contribution in [1.29, 1.82) is 0 Å². The average molecular weight is 242 g/mol. The molecule has 3 unspecified atom stereocenters. The number of nitrogens with one attached hydrogen (secondary N) is 1. The number of methoxy groups -OCH3 is 1. The summed E-state index contributed by atoms with van der Waals surface area (Å²) in [5.74, 6) is 1.42. The van der Waals surface area contributed by atoms with Crippen molar-refractivity contribution in [3.8, 4) is 0 Å². The van der Waals surface area contributed by atoms with E-state index in [9.17, 15) is 4.79 Å². The fourth-order valence-corrected chi connectivity index (χ4v) is 2.39. The van der Waals surface area contributed by atoms with Gasteiger partial charge in [-0.05, 0) is 38.3 Å². The molecule has 1 saturated heterocycles. The van der Waals surface area contributed by atoms with E-state index >= 15 is 0 Å². The number of ether oxygens (including phenoxy) is 1. The number of carbonyl (C=O) groups excluding carboxylic acids is 1. The predicted octanol–water partition coefficient (Wildman–Crippen LogP) is 1.12. The van der Waals surface area contributed by atoms with Crippen LogP contribution in [0.5, 0.6) is 0 Å². The Labute approximate surface area is 105 Å². The second kappa shape index (κ2) is 6.97. The summed E-state index contributed by atoms with van der Waals surface area (Å²) < 4.78 is 4.76. The average Bonchev–Trinajstić information content (AvgIpc) is 2.33. The third-order valence-electron chi connectivity index (χ3n) is 3.99. The highest BCUT2D eigenvalue weighted by Gasteiger charge is 2.24. The predicted molar refractivity (Wildman–Crippen MR) is 68.9 cm³/mol. The Kier molecular flexibility index (Phi) is 5.92. The molecular formula is C13H26N2O2. The smallest absolute Gasteiger partial charge is 0.322 e. The van der Waals surface area contributed by atoms with Crippen LogP contribution in [-0.2, 0) is 9.53 Å². The van der Waals surface area contributed by atoms with Gasteiger partial charge in [0.15, 0.2) is 0 Å². The molecule has 3 atom stereocenters. The van der Waals surface area contributed by atoms with Crippen LogP contribution >= 0.6 is 0 Å². The van der Waals surface area contributed by atoms with Gasteiger partial charge in [0, 0.05) is 13.1 Å². The first-order valence-corrected chi connectivity index (χ1v) is 6.56. The largest absolute Gasteiger partial charge is 0.468 e. The maximum atomic E-state index is 11.4. The van der Waals surface area contributed by atoms with E-state index in [2.05, 4.69) is 24.1 Å². The molecule has 0 aromatic carbocycles. The Morgan fingerprint density at radius 1 is 1.47 bits per heavy atom. The van der Waals surface area contributed by atoms with E-state index in [0.717, 1.165) is 37.9 Å². The number of rotatable bonds is 5. The van der Waals surface area contributed by atoms with Crippen molar-refractivity contribution in [2.24, 2.45) is 11.8 Å². The summed E-state index contributed by atoms with van der Waals surface area (Å²) in [6.45, 7) is 7.92. The maximum Gasteiger partial charge on any atom is 0.322 e. The second-order valence-corrected chi connectivity index (χ2v) is 5.20. The molecule has 1 aliphatic heterocycles. The molecule has 1 aliphatic rings. The summed E-state index contributed by atoms with van der Waals surface area (Å²) in [5.41, 5.74) is 0. The summed E-state index contributed by atoms with van der Waals surface area (Å²) in [6, 6.07) is -0.172. The minimum atomic E-state index is -0.172. The molecule has 0 amide bonds. The van der Waals surface area contributed by atoms with Crippen molar-refractivity contribution in [1.82, 2.24) is 10.2 Å². The van der Waals surface area contributed by atoms with E-state index in [4.69, 9.17) is 4.74 Å². The van der Waals surface area contributed by atoms with Gasteiger partial charge < -0.3 is 15.0 Å². The Morgan fingerprint density at radius 2 is 2.18 bits per heavy atom. The molecule has 4 heteroatoms. The van der Waals surface area contributed by atoms with Gasteiger partial charge in [0.05, 0.1) is 7.11 Å². The van der Waals surface area contributed by atoms with Crippen LogP contribution in [0.2, 0.25) is 0 Å². The highest BCUT2D eigenvalue weighted by atomic mass is 16.5. The van der Waals surface area contributed by atoms with Crippen LogP contribution in [0.25, 0.3) is 0 Å². The molecule has 0 spiro atoms. The topological polar surface area (TPSA) is 41.6 Å². The summed E-state index contributed by atoms with van der Waals surface area (Å²) in [6.07, 6.45) is 2.09. The van der Waals surface area contributed by atoms with Crippen LogP contribution in [0.1, 0.15) is 26.7 Å². The van der Waals surface area contributed by atoms with E-state index < -0.39 is 0 Å². The molecule has 17 heavy (non-hydrogen) atoms. The fourth-order valence-electron chi connectivity index (χ4n) is 2.39. The lowest BCUT2D eigenvalue weighted by molar-refractivity contribution is -0.143.